The maximum atomic E-state index is 10.1. The minimum absolute atomic E-state index is 0.136. The Bertz CT molecular complexity index is 134. The van der Waals surface area contributed by atoms with E-state index in [1.54, 1.807) is 0 Å². The van der Waals surface area contributed by atoms with E-state index in [-0.39, 0.29) is 6.61 Å². The number of rotatable bonds is 6. The lowest BCUT2D eigenvalue weighted by molar-refractivity contribution is 0.193. The van der Waals surface area contributed by atoms with Crippen LogP contribution >= 0.6 is 23.8 Å². The summed E-state index contributed by atoms with van der Waals surface area (Å²) in [5.74, 6) is 0. The monoisotopic (exact) mass is 246 g/mol. The SMILES string of the molecule is O=P(O)(O)OCCCCCBr. The van der Waals surface area contributed by atoms with Crippen LogP contribution in [-0.2, 0) is 9.09 Å². The smallest absolute Gasteiger partial charge is 0.303 e. The van der Waals surface area contributed by atoms with Crippen molar-refractivity contribution in [3.63, 3.8) is 0 Å². The van der Waals surface area contributed by atoms with Crippen LogP contribution in [0, 0.1) is 0 Å². The lowest BCUT2D eigenvalue weighted by Crippen LogP contribution is -1.92. The summed E-state index contributed by atoms with van der Waals surface area (Å²) in [6.45, 7) is 0.136. The molecule has 0 rings (SSSR count). The Morgan fingerprint density at radius 1 is 1.27 bits per heavy atom. The Balaban J connectivity index is 3.09. The Hall–Kier alpha value is 0.590. The zero-order chi connectivity index (χ0) is 8.74. The molecule has 0 saturated carbocycles. The van der Waals surface area contributed by atoms with Gasteiger partial charge in [-0.05, 0) is 12.8 Å². The largest absolute Gasteiger partial charge is 0.469 e. The van der Waals surface area contributed by atoms with Gasteiger partial charge < -0.3 is 9.79 Å². The van der Waals surface area contributed by atoms with Crippen LogP contribution in [0.4, 0.5) is 0 Å². The van der Waals surface area contributed by atoms with E-state index < -0.39 is 7.82 Å². The highest BCUT2D eigenvalue weighted by molar-refractivity contribution is 9.09. The molecule has 0 aromatic rings. The summed E-state index contributed by atoms with van der Waals surface area (Å²) in [5.41, 5.74) is 0. The van der Waals surface area contributed by atoms with Gasteiger partial charge in [0, 0.05) is 5.33 Å². The first-order valence-electron chi connectivity index (χ1n) is 3.32. The van der Waals surface area contributed by atoms with Gasteiger partial charge in [0.05, 0.1) is 6.61 Å². The van der Waals surface area contributed by atoms with Crippen LogP contribution in [-0.4, -0.2) is 21.7 Å². The van der Waals surface area contributed by atoms with Gasteiger partial charge in [0.15, 0.2) is 0 Å². The fourth-order valence-corrected chi connectivity index (χ4v) is 1.32. The summed E-state index contributed by atoms with van der Waals surface area (Å²) in [6.07, 6.45) is 2.62. The van der Waals surface area contributed by atoms with Gasteiger partial charge in [0.2, 0.25) is 0 Å². The molecule has 0 amide bonds. The van der Waals surface area contributed by atoms with Gasteiger partial charge in [0.1, 0.15) is 0 Å². The molecule has 4 nitrogen and oxygen atoms in total. The molecule has 0 aliphatic rings. The van der Waals surface area contributed by atoms with Gasteiger partial charge >= 0.3 is 7.82 Å². The molecule has 6 heteroatoms. The van der Waals surface area contributed by atoms with E-state index in [2.05, 4.69) is 20.5 Å². The minimum atomic E-state index is -4.23. The molecular weight excluding hydrogens is 235 g/mol. The number of alkyl halides is 1. The summed E-state index contributed by atoms with van der Waals surface area (Å²) in [7, 11) is -4.23. The second-order valence-corrected chi connectivity index (χ2v) is 4.11. The molecule has 0 radical (unpaired) electrons. The molecule has 2 N–H and O–H groups in total. The van der Waals surface area contributed by atoms with E-state index in [0.29, 0.717) is 6.42 Å². The fourth-order valence-electron chi connectivity index (χ4n) is 0.557. The molecule has 0 saturated heterocycles. The molecule has 0 bridgehead atoms. The van der Waals surface area contributed by atoms with Gasteiger partial charge in [-0.2, -0.15) is 0 Å². The van der Waals surface area contributed by atoms with Crippen LogP contribution in [0.25, 0.3) is 0 Å². The van der Waals surface area contributed by atoms with E-state index in [0.717, 1.165) is 18.2 Å². The molecular formula is C5H12BrO4P. The van der Waals surface area contributed by atoms with Crippen LogP contribution in [0.2, 0.25) is 0 Å². The molecule has 0 heterocycles. The summed E-state index contributed by atoms with van der Waals surface area (Å²) >= 11 is 3.25. The van der Waals surface area contributed by atoms with E-state index >= 15 is 0 Å². The van der Waals surface area contributed by atoms with Crippen molar-refractivity contribution >= 4 is 23.8 Å². The number of halogens is 1. The highest BCUT2D eigenvalue weighted by atomic mass is 79.9. The standard InChI is InChI=1S/C5H12BrO4P/c6-4-2-1-3-5-10-11(7,8)9/h1-5H2,(H2,7,8,9). The van der Waals surface area contributed by atoms with Gasteiger partial charge in [-0.25, -0.2) is 4.57 Å². The van der Waals surface area contributed by atoms with Crippen LogP contribution in [0.3, 0.4) is 0 Å². The molecule has 0 atom stereocenters. The normalized spacial score (nSPS) is 11.9. The fraction of sp³-hybridized carbons (Fsp3) is 1.00. The first-order chi connectivity index (χ1) is 5.06. The Morgan fingerprint density at radius 2 is 1.91 bits per heavy atom. The van der Waals surface area contributed by atoms with Crippen molar-refractivity contribution in [3.8, 4) is 0 Å². The maximum absolute atomic E-state index is 10.1. The minimum Gasteiger partial charge on any atom is -0.303 e. The highest BCUT2D eigenvalue weighted by Crippen LogP contribution is 2.35. The number of phosphoric ester groups is 1. The predicted molar refractivity (Wildman–Crippen MR) is 45.6 cm³/mol. The van der Waals surface area contributed by atoms with Gasteiger partial charge in [-0.1, -0.05) is 22.4 Å². The average molecular weight is 247 g/mol. The van der Waals surface area contributed by atoms with Crippen molar-refractivity contribution < 1.29 is 18.9 Å². The van der Waals surface area contributed by atoms with Gasteiger partial charge in [-0.15, -0.1) is 0 Å². The Kier molecular flexibility index (Phi) is 6.47. The lowest BCUT2D eigenvalue weighted by atomic mass is 10.3. The van der Waals surface area contributed by atoms with Crippen molar-refractivity contribution in [2.45, 2.75) is 19.3 Å². The zero-order valence-electron chi connectivity index (χ0n) is 6.07. The summed E-state index contributed by atoms with van der Waals surface area (Å²) in [5, 5.41) is 0.920. The van der Waals surface area contributed by atoms with Crippen molar-refractivity contribution in [1.29, 1.82) is 0 Å². The quantitative estimate of drug-likeness (QED) is 0.425. The second-order valence-electron chi connectivity index (χ2n) is 2.07. The third-order valence-electron chi connectivity index (χ3n) is 1.04. The lowest BCUT2D eigenvalue weighted by Gasteiger charge is -2.03. The zero-order valence-corrected chi connectivity index (χ0v) is 8.55. The predicted octanol–water partition coefficient (Wildman–Crippen LogP) is 1.66. The first-order valence-corrected chi connectivity index (χ1v) is 5.97. The number of phosphoric acid groups is 1. The Labute approximate surface area is 74.3 Å². The third-order valence-corrected chi connectivity index (χ3v) is 2.12. The van der Waals surface area contributed by atoms with Crippen LogP contribution in [0.1, 0.15) is 19.3 Å². The molecule has 68 valence electrons. The van der Waals surface area contributed by atoms with Crippen molar-refractivity contribution in [3.05, 3.63) is 0 Å². The molecule has 0 unspecified atom stereocenters. The first kappa shape index (κ1) is 11.6. The van der Waals surface area contributed by atoms with E-state index in [1.165, 1.54) is 0 Å². The molecule has 0 aromatic heterocycles. The highest BCUT2D eigenvalue weighted by Gasteiger charge is 2.11. The second kappa shape index (κ2) is 6.14. The average Bonchev–Trinajstić information content (AvgIpc) is 1.85. The van der Waals surface area contributed by atoms with E-state index in [4.69, 9.17) is 9.79 Å². The number of unbranched alkanes of at least 4 members (excludes halogenated alkanes) is 2. The van der Waals surface area contributed by atoms with Crippen LogP contribution in [0.5, 0.6) is 0 Å². The van der Waals surface area contributed by atoms with Crippen LogP contribution < -0.4 is 0 Å². The number of hydrogen-bond acceptors (Lipinski definition) is 2. The van der Waals surface area contributed by atoms with E-state index in [9.17, 15) is 4.57 Å². The summed E-state index contributed by atoms with van der Waals surface area (Å²) in [6, 6.07) is 0. The molecule has 0 spiro atoms. The molecule has 11 heavy (non-hydrogen) atoms. The van der Waals surface area contributed by atoms with Gasteiger partial charge in [0.25, 0.3) is 0 Å². The summed E-state index contributed by atoms with van der Waals surface area (Å²) in [4.78, 5) is 16.5. The molecule has 0 aliphatic carbocycles. The maximum Gasteiger partial charge on any atom is 0.469 e. The van der Waals surface area contributed by atoms with Crippen molar-refractivity contribution in [1.82, 2.24) is 0 Å². The Morgan fingerprint density at radius 3 is 2.36 bits per heavy atom. The van der Waals surface area contributed by atoms with Gasteiger partial charge in [-0.3, -0.25) is 4.52 Å². The molecule has 0 aliphatic heterocycles. The molecule has 0 aromatic carbocycles. The van der Waals surface area contributed by atoms with Crippen molar-refractivity contribution in [2.24, 2.45) is 0 Å². The number of hydrogen-bond donors (Lipinski definition) is 2. The van der Waals surface area contributed by atoms with Crippen LogP contribution in [0.15, 0.2) is 0 Å². The van der Waals surface area contributed by atoms with E-state index in [1.807, 2.05) is 0 Å². The third kappa shape index (κ3) is 10.6. The topological polar surface area (TPSA) is 66.8 Å². The van der Waals surface area contributed by atoms with Crippen molar-refractivity contribution in [2.75, 3.05) is 11.9 Å². The summed E-state index contributed by atoms with van der Waals surface area (Å²) < 4.78 is 14.4. The molecule has 0 fully saturated rings.